The number of phenols is 1. The van der Waals surface area contributed by atoms with Crippen LogP contribution in [0.15, 0.2) is 46.1 Å². The summed E-state index contributed by atoms with van der Waals surface area (Å²) in [5, 5.41) is 13.8. The van der Waals surface area contributed by atoms with Gasteiger partial charge >= 0.3 is 0 Å². The van der Waals surface area contributed by atoms with Gasteiger partial charge in [-0.25, -0.2) is 5.43 Å². The summed E-state index contributed by atoms with van der Waals surface area (Å²) < 4.78 is 5.12. The van der Waals surface area contributed by atoms with Gasteiger partial charge in [0.15, 0.2) is 0 Å². The molecule has 0 aliphatic carbocycles. The van der Waals surface area contributed by atoms with E-state index in [1.807, 2.05) is 0 Å². The van der Waals surface area contributed by atoms with Crippen LogP contribution in [0.25, 0.3) is 0 Å². The molecule has 0 unspecified atom stereocenters. The van der Waals surface area contributed by atoms with Crippen LogP contribution in [0.2, 0.25) is 5.02 Å². The van der Waals surface area contributed by atoms with Crippen LogP contribution in [0.4, 0.5) is 0 Å². The van der Waals surface area contributed by atoms with Gasteiger partial charge in [0.05, 0.1) is 11.8 Å². The number of carbonyl (C=O) groups excluding carboxylic acids is 1. The van der Waals surface area contributed by atoms with Crippen molar-refractivity contribution in [3.63, 3.8) is 0 Å². The molecule has 0 saturated carbocycles. The zero-order chi connectivity index (χ0) is 13.8. The molecular weight excluding hydrogens is 268 g/mol. The molecule has 1 amide bonds. The van der Waals surface area contributed by atoms with Gasteiger partial charge in [-0.2, -0.15) is 5.10 Å². The number of halogens is 1. The highest BCUT2D eigenvalue weighted by molar-refractivity contribution is 6.31. The fraction of sp³-hybridized carbons (Fsp3) is 0.0769. The van der Waals surface area contributed by atoms with Crippen LogP contribution < -0.4 is 5.43 Å². The number of hydrogen-bond acceptors (Lipinski definition) is 4. The molecule has 0 radical (unpaired) electrons. The van der Waals surface area contributed by atoms with E-state index >= 15 is 0 Å². The second kappa shape index (κ2) is 5.58. The van der Waals surface area contributed by atoms with E-state index in [9.17, 15) is 9.90 Å². The smallest absolute Gasteiger partial charge is 0.275 e. The Morgan fingerprint density at radius 1 is 1.42 bits per heavy atom. The fourth-order valence-electron chi connectivity index (χ4n) is 1.42. The van der Waals surface area contributed by atoms with Crippen LogP contribution in [0.5, 0.6) is 5.75 Å². The summed E-state index contributed by atoms with van der Waals surface area (Å²) in [6.45, 7) is 1.69. The average Bonchev–Trinajstić information content (AvgIpc) is 2.92. The Labute approximate surface area is 114 Å². The van der Waals surface area contributed by atoms with Crippen molar-refractivity contribution in [1.29, 1.82) is 0 Å². The average molecular weight is 279 g/mol. The first kappa shape index (κ1) is 13.2. The van der Waals surface area contributed by atoms with Crippen molar-refractivity contribution in [2.45, 2.75) is 6.92 Å². The number of nitrogens with zero attached hydrogens (tertiary/aromatic N) is 1. The van der Waals surface area contributed by atoms with Crippen LogP contribution in [0, 0.1) is 0 Å². The summed E-state index contributed by atoms with van der Waals surface area (Å²) in [6.07, 6.45) is 1.51. The molecule has 0 saturated heterocycles. The van der Waals surface area contributed by atoms with Crippen molar-refractivity contribution >= 4 is 23.2 Å². The summed E-state index contributed by atoms with van der Waals surface area (Å²) >= 11 is 5.76. The number of aromatic hydroxyl groups is 1. The minimum atomic E-state index is -0.550. The molecule has 19 heavy (non-hydrogen) atoms. The molecule has 2 N–H and O–H groups in total. The number of phenolic OH excluding ortho intramolecular Hbond substituents is 1. The minimum Gasteiger partial charge on any atom is -0.507 e. The first-order valence-electron chi connectivity index (χ1n) is 5.45. The number of nitrogens with one attached hydrogen (secondary N) is 1. The largest absolute Gasteiger partial charge is 0.507 e. The van der Waals surface area contributed by atoms with E-state index in [2.05, 4.69) is 10.5 Å². The molecular formula is C13H11ClN2O3. The number of amides is 1. The van der Waals surface area contributed by atoms with Crippen LogP contribution >= 0.6 is 11.6 Å². The van der Waals surface area contributed by atoms with Crippen molar-refractivity contribution in [2.24, 2.45) is 5.10 Å². The van der Waals surface area contributed by atoms with E-state index in [4.69, 9.17) is 16.0 Å². The summed E-state index contributed by atoms with van der Waals surface area (Å²) in [4.78, 5) is 11.8. The Hall–Kier alpha value is -2.27. The van der Waals surface area contributed by atoms with E-state index in [0.29, 0.717) is 16.5 Å². The topological polar surface area (TPSA) is 74.8 Å². The van der Waals surface area contributed by atoms with Crippen LogP contribution in [0.1, 0.15) is 23.0 Å². The number of carbonyl (C=O) groups is 1. The van der Waals surface area contributed by atoms with Crippen molar-refractivity contribution in [3.8, 4) is 5.75 Å². The molecule has 0 aliphatic heterocycles. The molecule has 0 bridgehead atoms. The number of rotatable bonds is 3. The van der Waals surface area contributed by atoms with Crippen molar-refractivity contribution in [2.75, 3.05) is 0 Å². The molecule has 0 spiro atoms. The van der Waals surface area contributed by atoms with Gasteiger partial charge in [0.25, 0.3) is 5.91 Å². The lowest BCUT2D eigenvalue weighted by atomic mass is 10.2. The molecule has 6 heteroatoms. The maximum Gasteiger partial charge on any atom is 0.275 e. The second-order valence-electron chi connectivity index (χ2n) is 3.78. The number of hydrogen-bond donors (Lipinski definition) is 2. The van der Waals surface area contributed by atoms with Crippen molar-refractivity contribution < 1.29 is 14.3 Å². The highest BCUT2D eigenvalue weighted by atomic mass is 35.5. The molecule has 1 heterocycles. The molecule has 5 nitrogen and oxygen atoms in total. The molecule has 0 atom stereocenters. The quantitative estimate of drug-likeness (QED) is 0.670. The maximum absolute atomic E-state index is 11.8. The molecule has 98 valence electrons. The fourth-order valence-corrected chi connectivity index (χ4v) is 1.60. The van der Waals surface area contributed by atoms with Gasteiger partial charge in [-0.15, -0.1) is 0 Å². The highest BCUT2D eigenvalue weighted by Crippen LogP contribution is 2.21. The third-order valence-electron chi connectivity index (χ3n) is 2.41. The van der Waals surface area contributed by atoms with E-state index < -0.39 is 5.91 Å². The number of furan rings is 1. The molecule has 0 aliphatic rings. The summed E-state index contributed by atoms with van der Waals surface area (Å²) in [6, 6.07) is 7.65. The van der Waals surface area contributed by atoms with Crippen LogP contribution in [-0.4, -0.2) is 16.7 Å². The Balaban J connectivity index is 2.14. The predicted molar refractivity (Wildman–Crippen MR) is 71.5 cm³/mol. The lowest BCUT2D eigenvalue weighted by Gasteiger charge is -2.04. The molecule has 0 fully saturated rings. The van der Waals surface area contributed by atoms with Gasteiger partial charge in [-0.3, -0.25) is 4.79 Å². The van der Waals surface area contributed by atoms with E-state index in [0.717, 1.165) is 0 Å². The maximum atomic E-state index is 11.8. The van der Waals surface area contributed by atoms with Gasteiger partial charge in [0, 0.05) is 5.02 Å². The third kappa shape index (κ3) is 3.14. The highest BCUT2D eigenvalue weighted by Gasteiger charge is 2.11. The van der Waals surface area contributed by atoms with Gasteiger partial charge < -0.3 is 9.52 Å². The number of benzene rings is 1. The SMILES string of the molecule is C/C(=N\NC(=O)c1cc(Cl)ccc1O)c1ccco1. The molecule has 2 rings (SSSR count). The van der Waals surface area contributed by atoms with E-state index in [-0.39, 0.29) is 11.3 Å². The minimum absolute atomic E-state index is 0.0588. The Kier molecular flexibility index (Phi) is 3.87. The summed E-state index contributed by atoms with van der Waals surface area (Å²) in [7, 11) is 0. The first-order valence-corrected chi connectivity index (χ1v) is 5.83. The lowest BCUT2D eigenvalue weighted by Crippen LogP contribution is -2.19. The van der Waals surface area contributed by atoms with Crippen molar-refractivity contribution in [3.05, 3.63) is 52.9 Å². The van der Waals surface area contributed by atoms with Crippen LogP contribution in [0.3, 0.4) is 0 Å². The second-order valence-corrected chi connectivity index (χ2v) is 4.21. The zero-order valence-corrected chi connectivity index (χ0v) is 10.8. The Bertz CT molecular complexity index is 621. The monoisotopic (exact) mass is 278 g/mol. The van der Waals surface area contributed by atoms with E-state index in [1.54, 1.807) is 19.1 Å². The standard InChI is InChI=1S/C13H11ClN2O3/c1-8(12-3-2-6-19-12)15-16-13(18)10-7-9(14)4-5-11(10)17/h2-7,17H,1H3,(H,16,18)/b15-8+. The van der Waals surface area contributed by atoms with Gasteiger partial charge in [0.1, 0.15) is 17.2 Å². The van der Waals surface area contributed by atoms with E-state index in [1.165, 1.54) is 24.5 Å². The zero-order valence-electron chi connectivity index (χ0n) is 10.1. The Morgan fingerprint density at radius 3 is 2.89 bits per heavy atom. The number of hydrazone groups is 1. The third-order valence-corrected chi connectivity index (χ3v) is 2.64. The summed E-state index contributed by atoms with van der Waals surface area (Å²) in [5.41, 5.74) is 2.90. The molecule has 1 aromatic heterocycles. The van der Waals surface area contributed by atoms with Gasteiger partial charge in [-0.1, -0.05) is 11.6 Å². The molecule has 2 aromatic rings. The molecule has 1 aromatic carbocycles. The van der Waals surface area contributed by atoms with Gasteiger partial charge in [-0.05, 0) is 37.3 Å². The lowest BCUT2D eigenvalue weighted by molar-refractivity contribution is 0.0952. The first-order chi connectivity index (χ1) is 9.08. The van der Waals surface area contributed by atoms with Gasteiger partial charge in [0.2, 0.25) is 0 Å². The Morgan fingerprint density at radius 2 is 2.21 bits per heavy atom. The summed E-state index contributed by atoms with van der Waals surface area (Å²) in [5.74, 6) is -0.158. The van der Waals surface area contributed by atoms with Crippen LogP contribution in [-0.2, 0) is 0 Å². The predicted octanol–water partition coefficient (Wildman–Crippen LogP) is 2.79. The van der Waals surface area contributed by atoms with Crippen molar-refractivity contribution in [1.82, 2.24) is 5.43 Å². The normalized spacial score (nSPS) is 11.4.